The fourth-order valence-corrected chi connectivity index (χ4v) is 1.23. The van der Waals surface area contributed by atoms with Crippen molar-refractivity contribution < 1.29 is 4.74 Å². The third-order valence-corrected chi connectivity index (χ3v) is 2.09. The zero-order valence-electron chi connectivity index (χ0n) is 6.47. The second-order valence-corrected chi connectivity index (χ2v) is 3.68. The zero-order chi connectivity index (χ0) is 8.97. The van der Waals surface area contributed by atoms with E-state index >= 15 is 0 Å². The van der Waals surface area contributed by atoms with Gasteiger partial charge in [-0.15, -0.1) is 0 Å². The molecule has 0 spiro atoms. The third kappa shape index (κ3) is 3.03. The molecule has 1 aromatic carbocycles. The van der Waals surface area contributed by atoms with E-state index in [0.717, 1.165) is 10.2 Å². The first-order chi connectivity index (χ1) is 5.72. The van der Waals surface area contributed by atoms with Gasteiger partial charge in [0.25, 0.3) is 0 Å². The van der Waals surface area contributed by atoms with Gasteiger partial charge in [-0.05, 0) is 31.5 Å². The zero-order valence-corrected chi connectivity index (χ0v) is 8.81. The molecule has 0 aliphatic heterocycles. The summed E-state index contributed by atoms with van der Waals surface area (Å²) in [7, 11) is 0. The average molecular weight is 249 g/mol. The van der Waals surface area contributed by atoms with E-state index in [2.05, 4.69) is 22.9 Å². The molecule has 0 bridgehead atoms. The second-order valence-electron chi connectivity index (χ2n) is 2.27. The van der Waals surface area contributed by atoms with Crippen LogP contribution in [0.15, 0.2) is 28.7 Å². The number of rotatable bonds is 3. The van der Waals surface area contributed by atoms with Crippen LogP contribution in [0.1, 0.15) is 6.42 Å². The monoisotopic (exact) mass is 247 g/mol. The molecule has 65 valence electrons. The van der Waals surface area contributed by atoms with Crippen LogP contribution in [-0.2, 0) is 0 Å². The van der Waals surface area contributed by atoms with Crippen molar-refractivity contribution in [3.63, 3.8) is 0 Å². The molecule has 0 saturated carbocycles. The van der Waals surface area contributed by atoms with Gasteiger partial charge in [0.1, 0.15) is 5.75 Å². The Kier molecular flexibility index (Phi) is 3.89. The predicted molar refractivity (Wildman–Crippen MR) is 54.4 cm³/mol. The Balaban J connectivity index is 2.63. The molecule has 1 nitrogen and oxygen atoms in total. The summed E-state index contributed by atoms with van der Waals surface area (Å²) in [4.78, 5) is 0. The van der Waals surface area contributed by atoms with Gasteiger partial charge in [-0.25, -0.2) is 0 Å². The molecule has 1 aromatic rings. The van der Waals surface area contributed by atoms with Gasteiger partial charge in [0.2, 0.25) is 0 Å². The summed E-state index contributed by atoms with van der Waals surface area (Å²) in [5, 5.41) is 0. The molecular weight excluding hydrogens is 239 g/mol. The average Bonchev–Trinajstić information content (AvgIpc) is 2.04. The number of hydrogen-bond donors (Lipinski definition) is 0. The highest BCUT2D eigenvalue weighted by Gasteiger charge is 2.02. The lowest BCUT2D eigenvalue weighted by molar-refractivity contribution is 0.284. The van der Waals surface area contributed by atoms with Gasteiger partial charge in [0, 0.05) is 4.47 Å². The number of alkyl halides is 1. The van der Waals surface area contributed by atoms with Crippen LogP contribution in [0, 0.1) is 6.92 Å². The highest BCUT2D eigenvalue weighted by Crippen LogP contribution is 2.20. The van der Waals surface area contributed by atoms with Gasteiger partial charge < -0.3 is 4.74 Å². The van der Waals surface area contributed by atoms with Crippen molar-refractivity contribution >= 4 is 27.5 Å². The summed E-state index contributed by atoms with van der Waals surface area (Å²) in [5.74, 6) is 0.757. The van der Waals surface area contributed by atoms with E-state index in [1.807, 2.05) is 24.3 Å². The molecule has 0 N–H and O–H groups in total. The Morgan fingerprint density at radius 2 is 2.33 bits per heavy atom. The minimum absolute atomic E-state index is 0.348. The van der Waals surface area contributed by atoms with Gasteiger partial charge >= 0.3 is 0 Å². The minimum Gasteiger partial charge on any atom is -0.475 e. The van der Waals surface area contributed by atoms with Crippen LogP contribution in [-0.4, -0.2) is 5.56 Å². The van der Waals surface area contributed by atoms with Crippen LogP contribution in [0.25, 0.3) is 0 Å². The van der Waals surface area contributed by atoms with Crippen LogP contribution in [0.5, 0.6) is 5.75 Å². The van der Waals surface area contributed by atoms with Crippen molar-refractivity contribution in [2.45, 2.75) is 12.0 Å². The highest BCUT2D eigenvalue weighted by molar-refractivity contribution is 9.10. The Bertz CT molecular complexity index is 252. The maximum Gasteiger partial charge on any atom is 0.172 e. The van der Waals surface area contributed by atoms with Crippen LogP contribution in [0.4, 0.5) is 0 Å². The minimum atomic E-state index is -0.348. The van der Waals surface area contributed by atoms with Crippen molar-refractivity contribution in [1.29, 1.82) is 0 Å². The molecule has 0 fully saturated rings. The molecule has 0 saturated heterocycles. The number of benzene rings is 1. The van der Waals surface area contributed by atoms with Gasteiger partial charge in [0.05, 0.1) is 0 Å². The third-order valence-electron chi connectivity index (χ3n) is 1.29. The predicted octanol–water partition coefficient (Wildman–Crippen LogP) is 3.62. The lowest BCUT2D eigenvalue weighted by Gasteiger charge is -2.09. The Morgan fingerprint density at radius 1 is 1.58 bits per heavy atom. The number of halogens is 2. The van der Waals surface area contributed by atoms with Crippen molar-refractivity contribution in [1.82, 2.24) is 0 Å². The van der Waals surface area contributed by atoms with Crippen molar-refractivity contribution in [2.75, 3.05) is 0 Å². The first-order valence-corrected chi connectivity index (χ1v) is 4.81. The van der Waals surface area contributed by atoms with E-state index in [4.69, 9.17) is 16.3 Å². The van der Waals surface area contributed by atoms with E-state index in [1.54, 1.807) is 0 Å². The fourth-order valence-electron chi connectivity index (χ4n) is 0.747. The molecule has 0 heterocycles. The molecule has 0 aromatic heterocycles. The van der Waals surface area contributed by atoms with E-state index < -0.39 is 0 Å². The van der Waals surface area contributed by atoms with Gasteiger partial charge in [-0.2, -0.15) is 0 Å². The van der Waals surface area contributed by atoms with Gasteiger partial charge in [-0.3, -0.25) is 0 Å². The van der Waals surface area contributed by atoms with Crippen LogP contribution < -0.4 is 4.74 Å². The summed E-state index contributed by atoms with van der Waals surface area (Å²) in [6.07, 6.45) is 0.550. The van der Waals surface area contributed by atoms with Gasteiger partial charge in [0.15, 0.2) is 5.56 Å². The second kappa shape index (κ2) is 4.73. The first-order valence-electron chi connectivity index (χ1n) is 3.58. The van der Waals surface area contributed by atoms with E-state index in [0.29, 0.717) is 6.42 Å². The highest BCUT2D eigenvalue weighted by atomic mass is 79.9. The largest absolute Gasteiger partial charge is 0.475 e. The maximum atomic E-state index is 5.75. The van der Waals surface area contributed by atoms with Crippen LogP contribution >= 0.6 is 27.5 Å². The SMILES string of the molecule is [CH2]CC(Cl)Oc1cccc(Br)c1. The molecule has 0 aliphatic rings. The molecule has 0 aliphatic carbocycles. The van der Waals surface area contributed by atoms with Gasteiger partial charge in [-0.1, -0.05) is 33.6 Å². The molecular formula is C9H9BrClO. The molecule has 3 heteroatoms. The quantitative estimate of drug-likeness (QED) is 0.743. The molecule has 0 amide bonds. The Hall–Kier alpha value is -0.210. The van der Waals surface area contributed by atoms with Crippen molar-refractivity contribution in [2.24, 2.45) is 0 Å². The van der Waals surface area contributed by atoms with Crippen LogP contribution in [0.3, 0.4) is 0 Å². The van der Waals surface area contributed by atoms with Crippen molar-refractivity contribution in [3.8, 4) is 5.75 Å². The molecule has 1 atom stereocenters. The number of hydrogen-bond acceptors (Lipinski definition) is 1. The molecule has 12 heavy (non-hydrogen) atoms. The summed E-state index contributed by atoms with van der Waals surface area (Å²) in [6.45, 7) is 3.64. The summed E-state index contributed by atoms with van der Waals surface area (Å²) in [5.41, 5.74) is -0.348. The Morgan fingerprint density at radius 3 is 2.92 bits per heavy atom. The first kappa shape index (κ1) is 9.87. The van der Waals surface area contributed by atoms with E-state index in [-0.39, 0.29) is 5.56 Å². The molecule has 1 radical (unpaired) electrons. The summed E-state index contributed by atoms with van der Waals surface area (Å²) >= 11 is 9.09. The summed E-state index contributed by atoms with van der Waals surface area (Å²) < 4.78 is 6.30. The van der Waals surface area contributed by atoms with Crippen LogP contribution in [0.2, 0.25) is 0 Å². The molecule has 1 rings (SSSR count). The smallest absolute Gasteiger partial charge is 0.172 e. The van der Waals surface area contributed by atoms with E-state index in [1.165, 1.54) is 0 Å². The number of ether oxygens (including phenoxy) is 1. The summed E-state index contributed by atoms with van der Waals surface area (Å²) in [6, 6.07) is 7.55. The standard InChI is InChI=1S/C9H9BrClO/c1-2-9(11)12-8-5-3-4-7(10)6-8/h3-6,9H,1-2H2. The lowest BCUT2D eigenvalue weighted by Crippen LogP contribution is -2.06. The Labute approximate surface area is 85.8 Å². The topological polar surface area (TPSA) is 9.23 Å². The maximum absolute atomic E-state index is 5.75. The van der Waals surface area contributed by atoms with E-state index in [9.17, 15) is 0 Å². The normalized spacial score (nSPS) is 12.6. The molecule has 1 unspecified atom stereocenters. The fraction of sp³-hybridized carbons (Fsp3) is 0.222. The lowest BCUT2D eigenvalue weighted by atomic mass is 10.3. The van der Waals surface area contributed by atoms with Crippen molar-refractivity contribution in [3.05, 3.63) is 35.7 Å².